The number of hydrogen-bond acceptors (Lipinski definition) is 4. The molecule has 1 aliphatic rings. The number of benzene rings is 1. The SMILES string of the molecule is Cn1c2c(c3ccc(-n4ccc(OCc5ccc(C(F)(F)F)nc5)cc4=O)cc31)CN(C(=O)O)CC2. The number of halogens is 3. The number of ether oxygens (including phenoxy) is 1. The molecule has 1 aliphatic heterocycles. The van der Waals surface area contributed by atoms with Crippen molar-refractivity contribution in [2.45, 2.75) is 25.7 Å². The molecule has 1 amide bonds. The number of rotatable bonds is 4. The fourth-order valence-electron chi connectivity index (χ4n) is 4.48. The molecule has 1 N–H and O–H groups in total. The molecule has 4 aromatic rings. The lowest BCUT2D eigenvalue weighted by Gasteiger charge is -2.25. The number of aromatic nitrogens is 3. The van der Waals surface area contributed by atoms with Crippen LogP contribution in [0.25, 0.3) is 16.6 Å². The van der Waals surface area contributed by atoms with Gasteiger partial charge in [0.15, 0.2) is 0 Å². The Morgan fingerprint density at radius 1 is 1.17 bits per heavy atom. The summed E-state index contributed by atoms with van der Waals surface area (Å²) in [5, 5.41) is 10.3. The van der Waals surface area contributed by atoms with E-state index in [0.717, 1.165) is 34.4 Å². The molecule has 5 rings (SSSR count). The molecule has 0 unspecified atom stereocenters. The lowest BCUT2D eigenvalue weighted by molar-refractivity contribution is -0.141. The van der Waals surface area contributed by atoms with Gasteiger partial charge in [-0.3, -0.25) is 14.3 Å². The highest BCUT2D eigenvalue weighted by molar-refractivity contribution is 5.88. The Hall–Kier alpha value is -4.28. The van der Waals surface area contributed by atoms with E-state index in [4.69, 9.17) is 4.74 Å². The van der Waals surface area contributed by atoms with Crippen LogP contribution in [0.3, 0.4) is 0 Å². The number of amides is 1. The van der Waals surface area contributed by atoms with E-state index in [0.29, 0.717) is 30.8 Å². The highest BCUT2D eigenvalue weighted by atomic mass is 19.4. The first-order valence-electron chi connectivity index (χ1n) is 11.1. The quantitative estimate of drug-likeness (QED) is 0.452. The van der Waals surface area contributed by atoms with E-state index in [2.05, 4.69) is 4.98 Å². The molecule has 0 saturated heterocycles. The second-order valence-electron chi connectivity index (χ2n) is 8.55. The predicted molar refractivity (Wildman–Crippen MR) is 124 cm³/mol. The van der Waals surface area contributed by atoms with Gasteiger partial charge in [0.25, 0.3) is 5.56 Å². The topological polar surface area (TPSA) is 89.6 Å². The van der Waals surface area contributed by atoms with Crippen molar-refractivity contribution >= 4 is 17.0 Å². The summed E-state index contributed by atoms with van der Waals surface area (Å²) in [7, 11) is 1.93. The molecule has 1 aromatic carbocycles. The van der Waals surface area contributed by atoms with Crippen LogP contribution in [0, 0.1) is 0 Å². The van der Waals surface area contributed by atoms with E-state index >= 15 is 0 Å². The summed E-state index contributed by atoms with van der Waals surface area (Å²) in [6.45, 7) is 0.716. The standard InChI is InChI=1S/C25H21F3N4O4/c1-30-20-7-8-31(24(34)35)13-19(20)18-4-3-16(10-21(18)30)32-9-6-17(11-23(32)33)36-14-15-2-5-22(29-12-15)25(26,27)28/h2-6,9-12H,7-8,13-14H2,1H3,(H,34,35). The van der Waals surface area contributed by atoms with Gasteiger partial charge in [-0.05, 0) is 24.3 Å². The first-order valence-corrected chi connectivity index (χ1v) is 11.1. The number of pyridine rings is 2. The average Bonchev–Trinajstić information content (AvgIpc) is 3.13. The van der Waals surface area contributed by atoms with E-state index in [-0.39, 0.29) is 17.9 Å². The Labute approximate surface area is 202 Å². The molecule has 8 nitrogen and oxygen atoms in total. The molecule has 4 heterocycles. The molecule has 0 saturated carbocycles. The third-order valence-electron chi connectivity index (χ3n) is 6.35. The second-order valence-corrected chi connectivity index (χ2v) is 8.55. The van der Waals surface area contributed by atoms with Gasteiger partial charge >= 0.3 is 12.3 Å². The summed E-state index contributed by atoms with van der Waals surface area (Å²) >= 11 is 0. The molecule has 36 heavy (non-hydrogen) atoms. The minimum absolute atomic E-state index is 0.0389. The molecule has 3 aromatic heterocycles. The molecule has 0 bridgehead atoms. The van der Waals surface area contributed by atoms with E-state index in [9.17, 15) is 27.9 Å². The molecule has 0 aliphatic carbocycles. The largest absolute Gasteiger partial charge is 0.489 e. The molecular weight excluding hydrogens is 477 g/mol. The fraction of sp³-hybridized carbons (Fsp3) is 0.240. The van der Waals surface area contributed by atoms with Crippen molar-refractivity contribution in [1.82, 2.24) is 19.0 Å². The van der Waals surface area contributed by atoms with Crippen molar-refractivity contribution in [3.05, 3.63) is 87.7 Å². The monoisotopic (exact) mass is 498 g/mol. The number of alkyl halides is 3. The highest BCUT2D eigenvalue weighted by Gasteiger charge is 2.32. The van der Waals surface area contributed by atoms with Crippen molar-refractivity contribution in [3.8, 4) is 11.4 Å². The summed E-state index contributed by atoms with van der Waals surface area (Å²) in [5.41, 5.74) is 2.70. The number of carbonyl (C=O) groups is 1. The van der Waals surface area contributed by atoms with Crippen molar-refractivity contribution in [3.63, 3.8) is 0 Å². The number of hydrogen-bond donors (Lipinski definition) is 1. The van der Waals surface area contributed by atoms with Gasteiger partial charge in [0.2, 0.25) is 0 Å². The summed E-state index contributed by atoms with van der Waals surface area (Å²) in [6.07, 6.45) is -2.18. The second kappa shape index (κ2) is 8.74. The van der Waals surface area contributed by atoms with Crippen LogP contribution < -0.4 is 10.3 Å². The minimum Gasteiger partial charge on any atom is -0.489 e. The van der Waals surface area contributed by atoms with Gasteiger partial charge in [-0.2, -0.15) is 13.2 Å². The maximum atomic E-state index is 12.8. The van der Waals surface area contributed by atoms with Gasteiger partial charge in [0.05, 0.1) is 17.7 Å². The Morgan fingerprint density at radius 3 is 2.64 bits per heavy atom. The van der Waals surface area contributed by atoms with Crippen LogP contribution in [0.1, 0.15) is 22.5 Å². The predicted octanol–water partition coefficient (Wildman–Crippen LogP) is 4.36. The summed E-state index contributed by atoms with van der Waals surface area (Å²) in [4.78, 5) is 29.0. The first-order chi connectivity index (χ1) is 17.1. The maximum absolute atomic E-state index is 12.8. The summed E-state index contributed by atoms with van der Waals surface area (Å²) in [6, 6.07) is 10.6. The average molecular weight is 498 g/mol. The summed E-state index contributed by atoms with van der Waals surface area (Å²) < 4.78 is 47.0. The van der Waals surface area contributed by atoms with Gasteiger partial charge in [-0.25, -0.2) is 4.79 Å². The van der Waals surface area contributed by atoms with Crippen LogP contribution in [0.2, 0.25) is 0 Å². The Balaban J connectivity index is 1.36. The fourth-order valence-corrected chi connectivity index (χ4v) is 4.48. The highest BCUT2D eigenvalue weighted by Crippen LogP contribution is 2.31. The van der Waals surface area contributed by atoms with Gasteiger partial charge < -0.3 is 19.3 Å². The Bertz CT molecular complexity index is 1520. The maximum Gasteiger partial charge on any atom is 0.433 e. The first kappa shape index (κ1) is 23.5. The number of carboxylic acid groups (broad SMARTS) is 1. The molecular formula is C25H21F3N4O4. The lowest BCUT2D eigenvalue weighted by Crippen LogP contribution is -2.34. The van der Waals surface area contributed by atoms with Crippen LogP contribution >= 0.6 is 0 Å². The van der Waals surface area contributed by atoms with E-state index in [1.54, 1.807) is 18.3 Å². The normalized spacial score (nSPS) is 13.6. The third-order valence-corrected chi connectivity index (χ3v) is 6.35. The van der Waals surface area contributed by atoms with Gasteiger partial charge in [-0.15, -0.1) is 0 Å². The van der Waals surface area contributed by atoms with Crippen LogP contribution in [0.15, 0.2) is 59.7 Å². The van der Waals surface area contributed by atoms with Crippen molar-refractivity contribution in [2.75, 3.05) is 6.54 Å². The molecule has 0 radical (unpaired) electrons. The number of aryl methyl sites for hydroxylation is 1. The molecule has 186 valence electrons. The number of nitrogens with zero attached hydrogens (tertiary/aromatic N) is 4. The lowest BCUT2D eigenvalue weighted by atomic mass is 10.0. The zero-order chi connectivity index (χ0) is 25.6. The van der Waals surface area contributed by atoms with E-state index in [1.165, 1.54) is 21.6 Å². The molecule has 0 atom stereocenters. The van der Waals surface area contributed by atoms with Gasteiger partial charge in [0.1, 0.15) is 18.1 Å². The number of fused-ring (bicyclic) bond motifs is 3. The van der Waals surface area contributed by atoms with Gasteiger partial charge in [0, 0.05) is 60.7 Å². The molecule has 0 fully saturated rings. The summed E-state index contributed by atoms with van der Waals surface area (Å²) in [5.74, 6) is 0.278. The minimum atomic E-state index is -4.51. The van der Waals surface area contributed by atoms with Crippen molar-refractivity contribution in [2.24, 2.45) is 7.05 Å². The van der Waals surface area contributed by atoms with Crippen LogP contribution in [-0.4, -0.2) is 36.8 Å². The Kier molecular flexibility index (Phi) is 5.70. The van der Waals surface area contributed by atoms with Crippen LogP contribution in [-0.2, 0) is 32.8 Å². The smallest absolute Gasteiger partial charge is 0.433 e. The van der Waals surface area contributed by atoms with Crippen molar-refractivity contribution < 1.29 is 27.8 Å². The van der Waals surface area contributed by atoms with E-state index < -0.39 is 18.0 Å². The van der Waals surface area contributed by atoms with Crippen LogP contribution in [0.4, 0.5) is 18.0 Å². The molecule has 0 spiro atoms. The zero-order valence-electron chi connectivity index (χ0n) is 19.1. The Morgan fingerprint density at radius 2 is 1.97 bits per heavy atom. The third kappa shape index (κ3) is 4.28. The van der Waals surface area contributed by atoms with E-state index in [1.807, 2.05) is 23.7 Å². The van der Waals surface area contributed by atoms with Crippen molar-refractivity contribution in [1.29, 1.82) is 0 Å². The molecule has 11 heteroatoms. The van der Waals surface area contributed by atoms with Gasteiger partial charge in [-0.1, -0.05) is 12.1 Å². The van der Waals surface area contributed by atoms with Crippen LogP contribution in [0.5, 0.6) is 5.75 Å². The zero-order valence-corrected chi connectivity index (χ0v) is 19.1.